The maximum absolute atomic E-state index is 12.5. The molecule has 2 N–H and O–H groups in total. The van der Waals surface area contributed by atoms with Crippen molar-refractivity contribution in [3.05, 3.63) is 51.4 Å². The molecule has 9 heteroatoms. The van der Waals surface area contributed by atoms with Crippen molar-refractivity contribution in [2.24, 2.45) is 0 Å². The highest BCUT2D eigenvalue weighted by Crippen LogP contribution is 2.27. The molecular formula is C15H14Br2N2O4S. The van der Waals surface area contributed by atoms with Crippen LogP contribution in [-0.2, 0) is 19.6 Å². The third kappa shape index (κ3) is 5.04. The highest BCUT2D eigenvalue weighted by Gasteiger charge is 2.18. The molecule has 0 saturated heterocycles. The first-order chi connectivity index (χ1) is 11.3. The van der Waals surface area contributed by atoms with Crippen LogP contribution in [0, 0.1) is 0 Å². The first-order valence-corrected chi connectivity index (χ1v) is 9.75. The summed E-state index contributed by atoms with van der Waals surface area (Å²) < 4.78 is 33.3. The number of ether oxygens (including phenoxy) is 1. The third-order valence-corrected chi connectivity index (χ3v) is 5.75. The van der Waals surface area contributed by atoms with E-state index in [1.807, 2.05) is 0 Å². The van der Waals surface area contributed by atoms with Gasteiger partial charge in [0.1, 0.15) is 11.5 Å². The molecule has 2 rings (SSSR count). The Morgan fingerprint density at radius 1 is 1.08 bits per heavy atom. The van der Waals surface area contributed by atoms with Crippen molar-refractivity contribution < 1.29 is 17.9 Å². The van der Waals surface area contributed by atoms with Gasteiger partial charge in [0, 0.05) is 27.4 Å². The maximum Gasteiger partial charge on any atom is 0.263 e. The zero-order chi connectivity index (χ0) is 17.7. The molecule has 0 heterocycles. The summed E-state index contributed by atoms with van der Waals surface area (Å²) in [7, 11) is -2.32. The summed E-state index contributed by atoms with van der Waals surface area (Å²) in [5.74, 6) is -0.288. The smallest absolute Gasteiger partial charge is 0.263 e. The van der Waals surface area contributed by atoms with Gasteiger partial charge in [0.05, 0.1) is 0 Å². The quantitative estimate of drug-likeness (QED) is 0.665. The first-order valence-electron chi connectivity index (χ1n) is 6.68. The monoisotopic (exact) mass is 476 g/mol. The SMILES string of the molecule is COCC(=O)Nc1ccc(NS(=O)(=O)c2cc(Br)ccc2Br)cc1. The van der Waals surface area contributed by atoms with Gasteiger partial charge in [0.2, 0.25) is 5.91 Å². The molecule has 0 aliphatic rings. The number of sulfonamides is 1. The Labute approximate surface area is 156 Å². The van der Waals surface area contributed by atoms with Gasteiger partial charge in [-0.25, -0.2) is 8.42 Å². The van der Waals surface area contributed by atoms with E-state index in [0.29, 0.717) is 20.3 Å². The van der Waals surface area contributed by atoms with Crippen LogP contribution in [0.2, 0.25) is 0 Å². The van der Waals surface area contributed by atoms with Crippen molar-refractivity contribution in [3.8, 4) is 0 Å². The molecule has 6 nitrogen and oxygen atoms in total. The Kier molecular flexibility index (Phi) is 6.39. The van der Waals surface area contributed by atoms with Crippen LogP contribution in [0.25, 0.3) is 0 Å². The Morgan fingerprint density at radius 3 is 2.33 bits per heavy atom. The molecule has 0 fully saturated rings. The number of anilines is 2. The molecule has 0 spiro atoms. The lowest BCUT2D eigenvalue weighted by Gasteiger charge is -2.11. The van der Waals surface area contributed by atoms with Crippen LogP contribution in [0.15, 0.2) is 56.3 Å². The molecule has 2 aromatic rings. The van der Waals surface area contributed by atoms with E-state index in [4.69, 9.17) is 4.74 Å². The number of methoxy groups -OCH3 is 1. The fourth-order valence-electron chi connectivity index (χ4n) is 1.84. The first kappa shape index (κ1) is 18.9. The molecule has 0 radical (unpaired) electrons. The third-order valence-electron chi connectivity index (χ3n) is 2.88. The number of halogens is 2. The van der Waals surface area contributed by atoms with Crippen LogP contribution < -0.4 is 10.0 Å². The minimum absolute atomic E-state index is 0.0503. The van der Waals surface area contributed by atoms with Gasteiger partial charge in [0.25, 0.3) is 10.0 Å². The fourth-order valence-corrected chi connectivity index (χ4v) is 4.40. The van der Waals surface area contributed by atoms with Crippen LogP contribution >= 0.6 is 31.9 Å². The average Bonchev–Trinajstić information content (AvgIpc) is 2.51. The molecule has 0 bridgehead atoms. The number of hydrogen-bond donors (Lipinski definition) is 2. The van der Waals surface area contributed by atoms with Crippen LogP contribution in [0.4, 0.5) is 11.4 Å². The van der Waals surface area contributed by atoms with Crippen molar-refractivity contribution in [1.82, 2.24) is 0 Å². The van der Waals surface area contributed by atoms with E-state index in [0.717, 1.165) is 0 Å². The number of rotatable bonds is 6. The molecule has 0 aliphatic carbocycles. The van der Waals surface area contributed by atoms with Gasteiger partial charge in [-0.2, -0.15) is 0 Å². The summed E-state index contributed by atoms with van der Waals surface area (Å²) in [6.45, 7) is -0.0503. The van der Waals surface area contributed by atoms with Crippen molar-refractivity contribution in [3.63, 3.8) is 0 Å². The molecule has 0 atom stereocenters. The Bertz CT molecular complexity index is 839. The molecule has 2 aromatic carbocycles. The van der Waals surface area contributed by atoms with Gasteiger partial charge in [-0.3, -0.25) is 9.52 Å². The second kappa shape index (κ2) is 8.11. The Balaban J connectivity index is 2.15. The predicted molar refractivity (Wildman–Crippen MR) is 99.6 cm³/mol. The van der Waals surface area contributed by atoms with E-state index in [1.54, 1.807) is 36.4 Å². The minimum atomic E-state index is -3.75. The van der Waals surface area contributed by atoms with Crippen LogP contribution in [0.3, 0.4) is 0 Å². The summed E-state index contributed by atoms with van der Waals surface area (Å²) in [6, 6.07) is 11.2. The summed E-state index contributed by atoms with van der Waals surface area (Å²) in [6.07, 6.45) is 0. The van der Waals surface area contributed by atoms with E-state index in [-0.39, 0.29) is 17.4 Å². The van der Waals surface area contributed by atoms with Gasteiger partial charge in [0.15, 0.2) is 0 Å². The normalized spacial score (nSPS) is 11.1. The predicted octanol–water partition coefficient (Wildman–Crippen LogP) is 3.60. The molecule has 1 amide bonds. The van der Waals surface area contributed by atoms with Crippen LogP contribution in [0.5, 0.6) is 0 Å². The zero-order valence-electron chi connectivity index (χ0n) is 12.5. The topological polar surface area (TPSA) is 84.5 Å². The molecule has 0 unspecified atom stereocenters. The molecule has 0 saturated carbocycles. The standard InChI is InChI=1S/C15H14Br2N2O4S/c1-23-9-15(20)18-11-3-5-12(6-4-11)19-24(21,22)14-8-10(16)2-7-13(14)17/h2-8,19H,9H2,1H3,(H,18,20). The lowest BCUT2D eigenvalue weighted by Crippen LogP contribution is -2.17. The molecular weight excluding hydrogens is 464 g/mol. The molecule has 0 aliphatic heterocycles. The average molecular weight is 478 g/mol. The minimum Gasteiger partial charge on any atom is -0.375 e. The molecule has 128 valence electrons. The highest BCUT2D eigenvalue weighted by atomic mass is 79.9. The lowest BCUT2D eigenvalue weighted by atomic mass is 10.3. The van der Waals surface area contributed by atoms with Gasteiger partial charge in [-0.1, -0.05) is 15.9 Å². The number of hydrogen-bond acceptors (Lipinski definition) is 4. The summed E-state index contributed by atoms with van der Waals surface area (Å²) >= 11 is 6.49. The Morgan fingerprint density at radius 2 is 1.71 bits per heavy atom. The summed E-state index contributed by atoms with van der Waals surface area (Å²) in [5, 5.41) is 2.63. The van der Waals surface area contributed by atoms with E-state index >= 15 is 0 Å². The summed E-state index contributed by atoms with van der Waals surface area (Å²) in [5.41, 5.74) is 0.926. The molecule has 24 heavy (non-hydrogen) atoms. The van der Waals surface area contributed by atoms with Gasteiger partial charge >= 0.3 is 0 Å². The second-order valence-corrected chi connectivity index (χ2v) is 8.16. The van der Waals surface area contributed by atoms with Crippen molar-refractivity contribution >= 4 is 59.2 Å². The van der Waals surface area contributed by atoms with Crippen molar-refractivity contribution in [2.75, 3.05) is 23.8 Å². The van der Waals surface area contributed by atoms with E-state index in [2.05, 4.69) is 41.9 Å². The second-order valence-electron chi connectivity index (χ2n) is 4.74. The number of nitrogens with one attached hydrogen (secondary N) is 2. The van der Waals surface area contributed by atoms with Crippen molar-refractivity contribution in [2.45, 2.75) is 4.90 Å². The number of benzene rings is 2. The van der Waals surface area contributed by atoms with E-state index < -0.39 is 10.0 Å². The van der Waals surface area contributed by atoms with E-state index in [9.17, 15) is 13.2 Å². The lowest BCUT2D eigenvalue weighted by molar-refractivity contribution is -0.119. The number of carbonyl (C=O) groups is 1. The van der Waals surface area contributed by atoms with Gasteiger partial charge in [-0.05, 0) is 58.4 Å². The zero-order valence-corrected chi connectivity index (χ0v) is 16.5. The molecule has 0 aromatic heterocycles. The van der Waals surface area contributed by atoms with Gasteiger partial charge in [-0.15, -0.1) is 0 Å². The number of carbonyl (C=O) groups excluding carboxylic acids is 1. The highest BCUT2D eigenvalue weighted by molar-refractivity contribution is 9.11. The van der Waals surface area contributed by atoms with Crippen LogP contribution in [-0.4, -0.2) is 28.0 Å². The van der Waals surface area contributed by atoms with Crippen LogP contribution in [0.1, 0.15) is 0 Å². The maximum atomic E-state index is 12.5. The van der Waals surface area contributed by atoms with Gasteiger partial charge < -0.3 is 10.1 Å². The number of amides is 1. The summed E-state index contributed by atoms with van der Waals surface area (Å²) in [4.78, 5) is 11.5. The van der Waals surface area contributed by atoms with E-state index in [1.165, 1.54) is 13.2 Å². The van der Waals surface area contributed by atoms with Crippen molar-refractivity contribution in [1.29, 1.82) is 0 Å². The largest absolute Gasteiger partial charge is 0.375 e. The fraction of sp³-hybridized carbons (Fsp3) is 0.133. The Hall–Kier alpha value is -1.42.